The largest absolute Gasteiger partial charge is 0.311 e. The van der Waals surface area contributed by atoms with Gasteiger partial charge in [-0.2, -0.15) is 0 Å². The van der Waals surface area contributed by atoms with Gasteiger partial charge in [0, 0.05) is 38.3 Å². The van der Waals surface area contributed by atoms with E-state index in [1.165, 1.54) is 57.5 Å². The fourth-order valence-electron chi connectivity index (χ4n) is 3.83. The Balaban J connectivity index is 1.40. The topological polar surface area (TPSA) is 18.5 Å². The number of benzene rings is 1. The third-order valence-corrected chi connectivity index (χ3v) is 5.07. The molecule has 2 fully saturated rings. The van der Waals surface area contributed by atoms with E-state index >= 15 is 0 Å². The van der Waals surface area contributed by atoms with E-state index in [0.29, 0.717) is 6.04 Å². The summed E-state index contributed by atoms with van der Waals surface area (Å²) in [7, 11) is 0. The van der Waals surface area contributed by atoms with Gasteiger partial charge < -0.3 is 5.32 Å². The van der Waals surface area contributed by atoms with E-state index in [1.54, 1.807) is 0 Å². The molecule has 0 aliphatic carbocycles. The minimum absolute atomic E-state index is 0.688. The summed E-state index contributed by atoms with van der Waals surface area (Å²) < 4.78 is 0. The maximum absolute atomic E-state index is 3.82. The van der Waals surface area contributed by atoms with Gasteiger partial charge in [-0.1, -0.05) is 37.3 Å². The zero-order chi connectivity index (χ0) is 14.5. The summed E-state index contributed by atoms with van der Waals surface area (Å²) in [4.78, 5) is 5.21. The molecule has 1 aromatic rings. The van der Waals surface area contributed by atoms with Gasteiger partial charge in [0.1, 0.15) is 0 Å². The first kappa shape index (κ1) is 15.0. The van der Waals surface area contributed by atoms with Crippen LogP contribution in [-0.4, -0.2) is 54.6 Å². The van der Waals surface area contributed by atoms with Gasteiger partial charge in [0.05, 0.1) is 0 Å². The van der Waals surface area contributed by atoms with Crippen molar-refractivity contribution >= 4 is 0 Å². The first-order chi connectivity index (χ1) is 10.3. The number of nitrogens with zero attached hydrogens (tertiary/aromatic N) is 2. The second-order valence-corrected chi connectivity index (χ2v) is 6.54. The third-order valence-electron chi connectivity index (χ3n) is 5.07. The number of likely N-dealkylation sites (N-methyl/N-ethyl adjacent to an activating group) is 1. The van der Waals surface area contributed by atoms with Gasteiger partial charge in [-0.3, -0.25) is 9.80 Å². The van der Waals surface area contributed by atoms with E-state index in [2.05, 4.69) is 52.4 Å². The minimum atomic E-state index is 0.688. The van der Waals surface area contributed by atoms with Crippen molar-refractivity contribution in [2.45, 2.75) is 44.8 Å². The Hall–Kier alpha value is -0.900. The average Bonchev–Trinajstić information content (AvgIpc) is 3.15. The van der Waals surface area contributed by atoms with Gasteiger partial charge in [0.15, 0.2) is 0 Å². The number of hydrogen-bond donors (Lipinski definition) is 1. The smallest absolute Gasteiger partial charge is 0.0234 e. The van der Waals surface area contributed by atoms with Crippen molar-refractivity contribution < 1.29 is 0 Å². The number of likely N-dealkylation sites (tertiary alicyclic amines) is 2. The Morgan fingerprint density at radius 2 is 2.00 bits per heavy atom. The molecule has 1 aromatic carbocycles. The monoisotopic (exact) mass is 287 g/mol. The summed E-state index contributed by atoms with van der Waals surface area (Å²) >= 11 is 0. The lowest BCUT2D eigenvalue weighted by atomic mass is 10.2. The Morgan fingerprint density at radius 1 is 1.14 bits per heavy atom. The van der Waals surface area contributed by atoms with Crippen LogP contribution in [0.1, 0.15) is 31.7 Å². The van der Waals surface area contributed by atoms with Crippen molar-refractivity contribution in [2.75, 3.05) is 32.7 Å². The normalized spacial score (nSPS) is 27.5. The van der Waals surface area contributed by atoms with Crippen molar-refractivity contribution in [2.24, 2.45) is 0 Å². The molecule has 2 aliphatic heterocycles. The SMILES string of the molecule is CCN1CCCC1CNC1CCN(Cc2ccccc2)C1. The van der Waals surface area contributed by atoms with Crippen molar-refractivity contribution in [3.63, 3.8) is 0 Å². The Morgan fingerprint density at radius 3 is 2.81 bits per heavy atom. The van der Waals surface area contributed by atoms with E-state index in [-0.39, 0.29) is 0 Å². The zero-order valence-corrected chi connectivity index (χ0v) is 13.3. The fourth-order valence-corrected chi connectivity index (χ4v) is 3.83. The molecule has 2 atom stereocenters. The van der Waals surface area contributed by atoms with Crippen LogP contribution in [0.15, 0.2) is 30.3 Å². The lowest BCUT2D eigenvalue weighted by Crippen LogP contribution is -2.42. The van der Waals surface area contributed by atoms with Crippen LogP contribution in [0.4, 0.5) is 0 Å². The average molecular weight is 287 g/mol. The Labute approximate surface area is 129 Å². The van der Waals surface area contributed by atoms with Gasteiger partial charge in [-0.15, -0.1) is 0 Å². The summed E-state index contributed by atoms with van der Waals surface area (Å²) in [6.45, 7) is 9.50. The molecule has 21 heavy (non-hydrogen) atoms. The Kier molecular flexibility index (Phi) is 5.28. The summed E-state index contributed by atoms with van der Waals surface area (Å²) in [5.74, 6) is 0. The lowest BCUT2D eigenvalue weighted by Gasteiger charge is -2.25. The van der Waals surface area contributed by atoms with Crippen LogP contribution < -0.4 is 5.32 Å². The highest BCUT2D eigenvalue weighted by molar-refractivity contribution is 5.14. The van der Waals surface area contributed by atoms with E-state index in [1.807, 2.05) is 0 Å². The first-order valence-corrected chi connectivity index (χ1v) is 8.59. The van der Waals surface area contributed by atoms with E-state index in [4.69, 9.17) is 0 Å². The molecule has 3 heteroatoms. The van der Waals surface area contributed by atoms with E-state index < -0.39 is 0 Å². The molecule has 0 aromatic heterocycles. The van der Waals surface area contributed by atoms with Crippen LogP contribution in [-0.2, 0) is 6.54 Å². The number of hydrogen-bond acceptors (Lipinski definition) is 3. The highest BCUT2D eigenvalue weighted by Crippen LogP contribution is 2.17. The molecular weight excluding hydrogens is 258 g/mol. The Bertz CT molecular complexity index is 420. The number of rotatable bonds is 6. The van der Waals surface area contributed by atoms with Gasteiger partial charge in [0.25, 0.3) is 0 Å². The summed E-state index contributed by atoms with van der Waals surface area (Å²) in [6, 6.07) is 12.3. The molecular formula is C18H29N3. The predicted octanol–water partition coefficient (Wildman–Crippen LogP) is 2.33. The molecule has 0 saturated carbocycles. The van der Waals surface area contributed by atoms with Crippen LogP contribution >= 0.6 is 0 Å². The zero-order valence-electron chi connectivity index (χ0n) is 13.3. The van der Waals surface area contributed by atoms with Gasteiger partial charge in [0.2, 0.25) is 0 Å². The molecule has 1 N–H and O–H groups in total. The quantitative estimate of drug-likeness (QED) is 0.866. The van der Waals surface area contributed by atoms with Crippen LogP contribution in [0.25, 0.3) is 0 Å². The summed E-state index contributed by atoms with van der Waals surface area (Å²) in [5.41, 5.74) is 1.44. The van der Waals surface area contributed by atoms with Gasteiger partial charge >= 0.3 is 0 Å². The lowest BCUT2D eigenvalue weighted by molar-refractivity contribution is 0.251. The first-order valence-electron chi connectivity index (χ1n) is 8.59. The minimum Gasteiger partial charge on any atom is -0.311 e. The maximum atomic E-state index is 3.82. The molecule has 2 unspecified atom stereocenters. The second kappa shape index (κ2) is 7.39. The summed E-state index contributed by atoms with van der Waals surface area (Å²) in [5, 5.41) is 3.82. The van der Waals surface area contributed by atoms with Crippen LogP contribution in [0.3, 0.4) is 0 Å². The standard InChI is InChI=1S/C18H29N3/c1-2-21-11-6-9-18(21)13-19-17-10-12-20(15-17)14-16-7-4-3-5-8-16/h3-5,7-8,17-19H,2,6,9-15H2,1H3. The highest BCUT2D eigenvalue weighted by Gasteiger charge is 2.26. The third kappa shape index (κ3) is 4.06. The molecule has 0 spiro atoms. The molecule has 0 radical (unpaired) electrons. The van der Waals surface area contributed by atoms with Gasteiger partial charge in [-0.05, 0) is 37.9 Å². The molecule has 2 heterocycles. The molecule has 2 aliphatic rings. The van der Waals surface area contributed by atoms with Crippen molar-refractivity contribution in [3.05, 3.63) is 35.9 Å². The molecule has 3 rings (SSSR count). The predicted molar refractivity (Wildman–Crippen MR) is 88.4 cm³/mol. The van der Waals surface area contributed by atoms with Gasteiger partial charge in [-0.25, -0.2) is 0 Å². The van der Waals surface area contributed by atoms with Crippen molar-refractivity contribution in [3.8, 4) is 0 Å². The van der Waals surface area contributed by atoms with Crippen molar-refractivity contribution in [1.82, 2.24) is 15.1 Å². The molecule has 2 saturated heterocycles. The molecule has 0 bridgehead atoms. The van der Waals surface area contributed by atoms with Crippen LogP contribution in [0.5, 0.6) is 0 Å². The van der Waals surface area contributed by atoms with Crippen LogP contribution in [0.2, 0.25) is 0 Å². The fraction of sp³-hybridized carbons (Fsp3) is 0.667. The second-order valence-electron chi connectivity index (χ2n) is 6.54. The molecule has 3 nitrogen and oxygen atoms in total. The van der Waals surface area contributed by atoms with Crippen LogP contribution in [0, 0.1) is 0 Å². The number of nitrogens with one attached hydrogen (secondary N) is 1. The molecule has 0 amide bonds. The highest BCUT2D eigenvalue weighted by atomic mass is 15.2. The molecule has 116 valence electrons. The maximum Gasteiger partial charge on any atom is 0.0234 e. The van der Waals surface area contributed by atoms with Crippen molar-refractivity contribution in [1.29, 1.82) is 0 Å². The van der Waals surface area contributed by atoms with E-state index in [0.717, 1.165) is 12.6 Å². The summed E-state index contributed by atoms with van der Waals surface area (Å²) in [6.07, 6.45) is 4.05. The van der Waals surface area contributed by atoms with E-state index in [9.17, 15) is 0 Å².